The van der Waals surface area contributed by atoms with Gasteiger partial charge in [0.05, 0.1) is 12.7 Å². The lowest BCUT2D eigenvalue weighted by Gasteiger charge is -2.28. The van der Waals surface area contributed by atoms with E-state index in [-0.39, 0.29) is 0 Å². The van der Waals surface area contributed by atoms with E-state index in [0.717, 1.165) is 45.7 Å². The van der Waals surface area contributed by atoms with E-state index in [1.54, 1.807) is 7.11 Å². The second-order valence-corrected chi connectivity index (χ2v) is 8.82. The summed E-state index contributed by atoms with van der Waals surface area (Å²) in [6.07, 6.45) is -1.14. The number of aryl methyl sites for hydroxylation is 3. The number of nitrogens with zero attached hydrogens (tertiary/aromatic N) is 2. The lowest BCUT2D eigenvalue weighted by molar-refractivity contribution is -0.160. The molecule has 0 radical (unpaired) electrons. The van der Waals surface area contributed by atoms with Gasteiger partial charge in [0.15, 0.2) is 6.10 Å². The molecule has 1 N–H and O–H groups in total. The van der Waals surface area contributed by atoms with Crippen LogP contribution in [0.3, 0.4) is 0 Å². The highest BCUT2D eigenvalue weighted by Gasteiger charge is 2.33. The fraction of sp³-hybridized carbons (Fsp3) is 0.440. The number of pyridine rings is 1. The van der Waals surface area contributed by atoms with Gasteiger partial charge < -0.3 is 19.1 Å². The maximum Gasteiger partial charge on any atom is 0.337 e. The summed E-state index contributed by atoms with van der Waals surface area (Å²) in [6, 6.07) is 7.70. The lowest BCUT2D eigenvalue weighted by atomic mass is 9.91. The molecule has 0 aliphatic rings. The van der Waals surface area contributed by atoms with E-state index in [1.165, 1.54) is 0 Å². The van der Waals surface area contributed by atoms with Crippen molar-refractivity contribution in [2.24, 2.45) is 0 Å². The molecule has 2 aromatic heterocycles. The minimum atomic E-state index is -1.14. The van der Waals surface area contributed by atoms with Crippen LogP contribution in [0.2, 0.25) is 0 Å². The third-order valence-corrected chi connectivity index (χ3v) is 5.64. The summed E-state index contributed by atoms with van der Waals surface area (Å²) >= 11 is 0. The number of aromatic nitrogens is 2. The number of benzene rings is 1. The zero-order valence-electron chi connectivity index (χ0n) is 19.7. The standard InChI is InChI=1S/C25H32N2O4/c1-9-27-16(4)14(2)19-21(17-10-12-18(30-8)13-11-17)20(15(3)26-23(19)27)22(24(28)29)31-25(5,6)7/h10-13,22H,9H2,1-8H3,(H,28,29). The van der Waals surface area contributed by atoms with Gasteiger partial charge in [-0.05, 0) is 71.7 Å². The molecule has 3 aromatic rings. The van der Waals surface area contributed by atoms with Crippen LogP contribution in [0.4, 0.5) is 0 Å². The van der Waals surface area contributed by atoms with E-state index in [0.29, 0.717) is 11.3 Å². The van der Waals surface area contributed by atoms with Crippen LogP contribution < -0.4 is 4.74 Å². The minimum Gasteiger partial charge on any atom is -0.497 e. The van der Waals surface area contributed by atoms with E-state index < -0.39 is 17.7 Å². The first kappa shape index (κ1) is 22.8. The first-order valence-corrected chi connectivity index (χ1v) is 10.5. The summed E-state index contributed by atoms with van der Waals surface area (Å²) in [5, 5.41) is 11.1. The molecule has 1 unspecified atom stereocenters. The normalized spacial score (nSPS) is 12.9. The number of hydrogen-bond donors (Lipinski definition) is 1. The molecule has 2 heterocycles. The van der Waals surface area contributed by atoms with Gasteiger partial charge in [-0.2, -0.15) is 0 Å². The highest BCUT2D eigenvalue weighted by molar-refractivity contribution is 6.00. The average molecular weight is 425 g/mol. The van der Waals surface area contributed by atoms with Crippen LogP contribution in [-0.2, 0) is 16.1 Å². The van der Waals surface area contributed by atoms with E-state index >= 15 is 0 Å². The van der Waals surface area contributed by atoms with E-state index in [9.17, 15) is 9.90 Å². The zero-order valence-corrected chi connectivity index (χ0v) is 19.7. The molecule has 6 nitrogen and oxygen atoms in total. The zero-order chi connectivity index (χ0) is 23.1. The van der Waals surface area contributed by atoms with Gasteiger partial charge >= 0.3 is 5.97 Å². The molecule has 6 heteroatoms. The minimum absolute atomic E-state index is 0.594. The van der Waals surface area contributed by atoms with Crippen LogP contribution in [0.5, 0.6) is 5.75 Å². The van der Waals surface area contributed by atoms with Gasteiger partial charge in [0, 0.05) is 34.4 Å². The van der Waals surface area contributed by atoms with E-state index in [4.69, 9.17) is 14.5 Å². The summed E-state index contributed by atoms with van der Waals surface area (Å²) in [7, 11) is 1.63. The molecule has 0 saturated carbocycles. The van der Waals surface area contributed by atoms with Gasteiger partial charge in [0.25, 0.3) is 0 Å². The molecule has 0 aliphatic carbocycles. The van der Waals surface area contributed by atoms with Crippen molar-refractivity contribution in [1.29, 1.82) is 0 Å². The monoisotopic (exact) mass is 424 g/mol. The molecule has 3 rings (SSSR count). The topological polar surface area (TPSA) is 73.6 Å². The van der Waals surface area contributed by atoms with Gasteiger partial charge in [-0.1, -0.05) is 12.1 Å². The number of rotatable bonds is 6. The Morgan fingerprint density at radius 3 is 2.26 bits per heavy atom. The Morgan fingerprint density at radius 2 is 1.77 bits per heavy atom. The first-order chi connectivity index (χ1) is 14.5. The fourth-order valence-electron chi connectivity index (χ4n) is 4.15. The molecule has 0 bridgehead atoms. The van der Waals surface area contributed by atoms with Crippen molar-refractivity contribution in [3.05, 3.63) is 46.8 Å². The molecule has 1 atom stereocenters. The number of hydrogen-bond acceptors (Lipinski definition) is 4. The Morgan fingerprint density at radius 1 is 1.16 bits per heavy atom. The predicted octanol–water partition coefficient (Wildman–Crippen LogP) is 5.60. The van der Waals surface area contributed by atoms with Gasteiger partial charge in [-0.3, -0.25) is 0 Å². The van der Waals surface area contributed by atoms with Gasteiger partial charge in [-0.15, -0.1) is 0 Å². The van der Waals surface area contributed by atoms with Crippen LogP contribution in [0.1, 0.15) is 56.3 Å². The SMILES string of the molecule is CCn1c(C)c(C)c2c(-c3ccc(OC)cc3)c(C(OC(C)(C)C)C(=O)O)c(C)nc21. The molecule has 0 amide bonds. The number of fused-ring (bicyclic) bond motifs is 1. The van der Waals surface area contributed by atoms with Gasteiger partial charge in [-0.25, -0.2) is 9.78 Å². The molecular weight excluding hydrogens is 392 g/mol. The van der Waals surface area contributed by atoms with Crippen molar-refractivity contribution in [3.8, 4) is 16.9 Å². The van der Waals surface area contributed by atoms with Crippen LogP contribution in [0.25, 0.3) is 22.2 Å². The predicted molar refractivity (Wildman–Crippen MR) is 123 cm³/mol. The summed E-state index contributed by atoms with van der Waals surface area (Å²) in [6.45, 7) is 14.5. The smallest absolute Gasteiger partial charge is 0.337 e. The Hall–Kier alpha value is -2.86. The number of aliphatic carboxylic acids is 1. The van der Waals surface area contributed by atoms with Crippen molar-refractivity contribution in [2.45, 2.75) is 66.7 Å². The first-order valence-electron chi connectivity index (χ1n) is 10.5. The van der Waals surface area contributed by atoms with Crippen molar-refractivity contribution >= 4 is 17.0 Å². The Balaban J connectivity index is 2.47. The number of carboxylic acids is 1. The number of ether oxygens (including phenoxy) is 2. The van der Waals surface area contributed by atoms with Gasteiger partial charge in [0.1, 0.15) is 11.4 Å². The van der Waals surface area contributed by atoms with Crippen molar-refractivity contribution in [3.63, 3.8) is 0 Å². The summed E-state index contributed by atoms with van der Waals surface area (Å²) in [5.74, 6) is -0.287. The lowest BCUT2D eigenvalue weighted by Crippen LogP contribution is -2.28. The maximum atomic E-state index is 12.4. The van der Waals surface area contributed by atoms with Crippen molar-refractivity contribution in [1.82, 2.24) is 9.55 Å². The second kappa shape index (κ2) is 8.35. The Labute approximate surface area is 183 Å². The van der Waals surface area contributed by atoms with Crippen LogP contribution >= 0.6 is 0 Å². The molecular formula is C25H32N2O4. The van der Waals surface area contributed by atoms with E-state index in [2.05, 4.69) is 25.3 Å². The third kappa shape index (κ3) is 4.17. The molecule has 1 aromatic carbocycles. The highest BCUT2D eigenvalue weighted by atomic mass is 16.5. The third-order valence-electron chi connectivity index (χ3n) is 5.64. The summed E-state index contributed by atoms with van der Waals surface area (Å²) in [5.41, 5.74) is 5.46. The molecule has 0 aliphatic heterocycles. The molecule has 31 heavy (non-hydrogen) atoms. The largest absolute Gasteiger partial charge is 0.497 e. The molecule has 0 saturated heterocycles. The highest BCUT2D eigenvalue weighted by Crippen LogP contribution is 2.42. The Bertz CT molecular complexity index is 1120. The van der Waals surface area contributed by atoms with Crippen LogP contribution in [-0.4, -0.2) is 33.3 Å². The summed E-state index contributed by atoms with van der Waals surface area (Å²) < 4.78 is 13.6. The number of carbonyl (C=O) groups is 1. The maximum absolute atomic E-state index is 12.4. The second-order valence-electron chi connectivity index (χ2n) is 8.82. The quantitative estimate of drug-likeness (QED) is 0.558. The summed E-state index contributed by atoms with van der Waals surface area (Å²) in [4.78, 5) is 17.3. The van der Waals surface area contributed by atoms with Gasteiger partial charge in [0.2, 0.25) is 0 Å². The Kier molecular flexibility index (Phi) is 6.14. The van der Waals surface area contributed by atoms with Crippen LogP contribution in [0, 0.1) is 20.8 Å². The van der Waals surface area contributed by atoms with Crippen molar-refractivity contribution in [2.75, 3.05) is 7.11 Å². The van der Waals surface area contributed by atoms with Crippen molar-refractivity contribution < 1.29 is 19.4 Å². The molecule has 0 spiro atoms. The number of carboxylic acid groups (broad SMARTS) is 1. The number of methoxy groups -OCH3 is 1. The van der Waals surface area contributed by atoms with Crippen LogP contribution in [0.15, 0.2) is 24.3 Å². The fourth-order valence-corrected chi connectivity index (χ4v) is 4.15. The van der Waals surface area contributed by atoms with E-state index in [1.807, 2.05) is 52.0 Å². The average Bonchev–Trinajstić information content (AvgIpc) is 2.94. The molecule has 166 valence electrons. The molecule has 0 fully saturated rings.